The van der Waals surface area contributed by atoms with Gasteiger partial charge >= 0.3 is 11.9 Å². The number of fused-ring (bicyclic) bond motifs is 2. The summed E-state index contributed by atoms with van der Waals surface area (Å²) >= 11 is 1.61. The van der Waals surface area contributed by atoms with Gasteiger partial charge in [0.05, 0.1) is 44.9 Å². The minimum Gasteiger partial charge on any atom is -0.461 e. The van der Waals surface area contributed by atoms with Crippen LogP contribution in [0.15, 0.2) is 30.9 Å². The number of ketones is 1. The van der Waals surface area contributed by atoms with E-state index in [0.29, 0.717) is 32.2 Å². The van der Waals surface area contributed by atoms with E-state index in [9.17, 15) is 14.4 Å². The summed E-state index contributed by atoms with van der Waals surface area (Å²) in [6.07, 6.45) is 5.33. The minimum atomic E-state index is -2.36. The lowest BCUT2D eigenvalue weighted by atomic mass is 9.71. The third-order valence-corrected chi connectivity index (χ3v) is 17.7. The molecule has 11 nitrogen and oxygen atoms in total. The van der Waals surface area contributed by atoms with E-state index in [2.05, 4.69) is 70.1 Å². The summed E-state index contributed by atoms with van der Waals surface area (Å²) in [7, 11) is -2.36. The highest BCUT2D eigenvalue weighted by Crippen LogP contribution is 2.48. The smallest absolute Gasteiger partial charge is 0.310 e. The first kappa shape index (κ1) is 45.7. The summed E-state index contributed by atoms with van der Waals surface area (Å²) in [6, 6.07) is 5.98. The number of nitrogens with one attached hydrogen (secondary N) is 2. The Kier molecular flexibility index (Phi) is 15.7. The number of hydrogen-bond acceptors (Lipinski definition) is 11. The number of nitrogens with zero attached hydrogens (tertiary/aromatic N) is 1. The molecule has 1 aromatic carbocycles. The van der Waals surface area contributed by atoms with Gasteiger partial charge < -0.3 is 18.6 Å². The molecule has 0 spiro atoms. The van der Waals surface area contributed by atoms with Gasteiger partial charge in [0.25, 0.3) is 0 Å². The molecule has 0 unspecified atom stereocenters. The fraction of sp³-hybridized carbons (Fsp3) is 0.698. The molecule has 2 N–H and O–H groups in total. The molecule has 2 saturated heterocycles. The number of ether oxygens (including phenoxy) is 3. The number of Topliss-reactive ketones (excluding diaryl/α,β-unsaturated/α-hetero) is 1. The number of aromatic nitrogens is 1. The quantitative estimate of drug-likeness (QED) is 0.0361. The van der Waals surface area contributed by atoms with Crippen LogP contribution in [0.1, 0.15) is 129 Å². The van der Waals surface area contributed by atoms with Crippen molar-refractivity contribution < 1.29 is 37.8 Å². The zero-order valence-electron chi connectivity index (χ0n) is 35.5. The Hall–Kier alpha value is -2.97. The van der Waals surface area contributed by atoms with Gasteiger partial charge in [-0.15, -0.1) is 17.9 Å². The molecule has 0 bridgehead atoms. The lowest BCUT2D eigenvalue weighted by molar-refractivity contribution is -0.168. The number of unbranched alkanes of at least 4 members (excludes halogenated alkanes) is 2. The number of rotatable bonds is 14. The van der Waals surface area contributed by atoms with Crippen molar-refractivity contribution >= 4 is 54.0 Å². The number of aryl methyl sites for hydroxylation is 1. The van der Waals surface area contributed by atoms with Crippen molar-refractivity contribution in [1.82, 2.24) is 15.8 Å². The molecule has 56 heavy (non-hydrogen) atoms. The average Bonchev–Trinajstić information content (AvgIpc) is 3.58. The second kappa shape index (κ2) is 19.2. The Bertz CT molecular complexity index is 1690. The Labute approximate surface area is 339 Å². The fourth-order valence-corrected chi connectivity index (χ4v) is 9.80. The van der Waals surface area contributed by atoms with Gasteiger partial charge in [0, 0.05) is 25.3 Å². The van der Waals surface area contributed by atoms with Crippen LogP contribution in [0.5, 0.6) is 0 Å². The molecule has 13 heteroatoms. The molecule has 2 fully saturated rings. The molecule has 2 aromatic rings. The largest absolute Gasteiger partial charge is 0.461 e. The summed E-state index contributed by atoms with van der Waals surface area (Å²) in [6.45, 7) is 25.4. The first-order valence-corrected chi connectivity index (χ1v) is 24.1. The number of carbonyl (C=O) groups is 4. The van der Waals surface area contributed by atoms with E-state index in [0.717, 1.165) is 52.9 Å². The third kappa shape index (κ3) is 11.8. The van der Waals surface area contributed by atoms with E-state index in [-0.39, 0.29) is 41.3 Å². The Morgan fingerprint density at radius 1 is 1.16 bits per heavy atom. The van der Waals surface area contributed by atoms with E-state index >= 15 is 4.79 Å². The van der Waals surface area contributed by atoms with Gasteiger partial charge in [-0.25, -0.2) is 10.4 Å². The van der Waals surface area contributed by atoms with E-state index in [4.69, 9.17) is 18.6 Å². The highest BCUT2D eigenvalue weighted by molar-refractivity contribution is 7.18. The second-order valence-corrected chi connectivity index (χ2v) is 24.2. The Morgan fingerprint density at radius 3 is 2.57 bits per heavy atom. The number of amides is 1. The summed E-state index contributed by atoms with van der Waals surface area (Å²) in [5.74, 6) is -1.72. The molecule has 7 atom stereocenters. The number of allylic oxidation sites excluding steroid dienone is 1. The fourth-order valence-electron chi connectivity index (χ4n) is 7.57. The van der Waals surface area contributed by atoms with Crippen molar-refractivity contribution in [3.05, 3.63) is 41.4 Å². The molecule has 2 aliphatic heterocycles. The maximum atomic E-state index is 15.1. The number of hydrazine groups is 1. The van der Waals surface area contributed by atoms with Crippen molar-refractivity contribution in [2.24, 2.45) is 17.3 Å². The van der Waals surface area contributed by atoms with Crippen LogP contribution in [0, 0.1) is 24.2 Å². The monoisotopic (exact) mass is 813 g/mol. The van der Waals surface area contributed by atoms with Gasteiger partial charge in [-0.2, -0.15) is 0 Å². The maximum absolute atomic E-state index is 15.1. The Morgan fingerprint density at radius 2 is 1.89 bits per heavy atom. The zero-order valence-corrected chi connectivity index (χ0v) is 37.3. The summed E-state index contributed by atoms with van der Waals surface area (Å²) in [4.78, 5) is 58.0. The van der Waals surface area contributed by atoms with Crippen LogP contribution in [0.3, 0.4) is 0 Å². The SMILES string of the molecule is C=CC[C@H]1C(=O)C(C)(C)[C@@H](OC(=O)CCCCCNNC=O)CC(=O)O[C@H](c2ccc3sc(C)nc3c2)C[C@@H]2O[C@]2(C)CCC[C@H](C)[C@@H]1O[Si](C)(C)C(C)(C)C. The molecule has 312 valence electrons. The van der Waals surface area contributed by atoms with E-state index in [1.165, 1.54) is 0 Å². The highest BCUT2D eigenvalue weighted by Gasteiger charge is 2.54. The van der Waals surface area contributed by atoms with Crippen molar-refractivity contribution in [1.29, 1.82) is 0 Å². The Balaban J connectivity index is 1.70. The number of cyclic esters (lactones) is 1. The number of carbonyl (C=O) groups excluding carboxylic acids is 4. The van der Waals surface area contributed by atoms with E-state index in [1.54, 1.807) is 31.3 Å². The highest BCUT2D eigenvalue weighted by atomic mass is 32.1. The van der Waals surface area contributed by atoms with E-state index in [1.807, 2.05) is 25.1 Å². The predicted molar refractivity (Wildman–Crippen MR) is 223 cm³/mol. The number of epoxide rings is 1. The normalized spacial score (nSPS) is 27.9. The first-order chi connectivity index (χ1) is 26.2. The standard InChI is InChI=1S/C43H67N3O8SSi/c1-12-17-31-39(54-56(10,11)41(4,5)6)28(2)18-16-22-43(9)36(53-43)25-33(30-20-21-34-32(24-30)46-29(3)55-34)51-38(49)26-35(42(7,8)40(31)50)52-37(48)19-14-13-15-23-44-45-27-47/h12,20-21,24,27-28,31,33,35-36,39,44H,1,13-19,22-23,25-26H2,2-11H3,(H,45,47)/t28-,31+,33-,35-,36-,39-,43+/m0/s1. The summed E-state index contributed by atoms with van der Waals surface area (Å²) in [5.41, 5.74) is 5.22. The number of esters is 2. The number of thiazole rings is 1. The van der Waals surface area contributed by atoms with E-state index < -0.39 is 49.9 Å². The summed E-state index contributed by atoms with van der Waals surface area (Å²) in [5, 5.41) is 0.860. The number of benzene rings is 1. The van der Waals surface area contributed by atoms with Crippen molar-refractivity contribution in [3.63, 3.8) is 0 Å². The van der Waals surface area contributed by atoms with Gasteiger partial charge in [-0.05, 0) is 102 Å². The molecule has 1 aromatic heterocycles. The van der Waals surface area contributed by atoms with Gasteiger partial charge in [0.15, 0.2) is 8.32 Å². The van der Waals surface area contributed by atoms with Crippen LogP contribution in [0.4, 0.5) is 0 Å². The lowest BCUT2D eigenvalue weighted by Gasteiger charge is -2.45. The van der Waals surface area contributed by atoms with Gasteiger partial charge in [0.2, 0.25) is 6.41 Å². The maximum Gasteiger partial charge on any atom is 0.310 e. The number of hydrogen-bond donors (Lipinski definition) is 2. The van der Waals surface area contributed by atoms with Crippen molar-refractivity contribution in [3.8, 4) is 0 Å². The van der Waals surface area contributed by atoms with Crippen LogP contribution in [-0.2, 0) is 37.8 Å². The van der Waals surface area contributed by atoms with Crippen LogP contribution >= 0.6 is 11.3 Å². The first-order valence-electron chi connectivity index (χ1n) is 20.4. The van der Waals surface area contributed by atoms with Crippen LogP contribution < -0.4 is 10.9 Å². The average molecular weight is 814 g/mol. The second-order valence-electron chi connectivity index (χ2n) is 18.2. The molecule has 3 heterocycles. The molecular weight excluding hydrogens is 747 g/mol. The van der Waals surface area contributed by atoms with Gasteiger partial charge in [-0.1, -0.05) is 52.7 Å². The van der Waals surface area contributed by atoms with Crippen LogP contribution in [0.2, 0.25) is 18.1 Å². The van der Waals surface area contributed by atoms with Crippen molar-refractivity contribution in [2.75, 3.05) is 6.54 Å². The topological polar surface area (TPSA) is 145 Å². The molecular formula is C43H67N3O8SSi. The molecule has 0 radical (unpaired) electrons. The lowest BCUT2D eigenvalue weighted by Crippen LogP contribution is -2.52. The summed E-state index contributed by atoms with van der Waals surface area (Å²) < 4.78 is 27.1. The van der Waals surface area contributed by atoms with Crippen LogP contribution in [-0.4, -0.2) is 67.9 Å². The molecule has 4 rings (SSSR count). The third-order valence-electron chi connectivity index (χ3n) is 12.3. The zero-order chi connectivity index (χ0) is 41.5. The van der Waals surface area contributed by atoms with Gasteiger partial charge in [0.1, 0.15) is 18.0 Å². The molecule has 0 aliphatic carbocycles. The minimum absolute atomic E-state index is 0.0331. The van der Waals surface area contributed by atoms with Crippen molar-refractivity contribution in [2.45, 2.75) is 168 Å². The predicted octanol–water partition coefficient (Wildman–Crippen LogP) is 8.85. The van der Waals surface area contributed by atoms with Crippen LogP contribution in [0.25, 0.3) is 10.2 Å². The molecule has 1 amide bonds. The molecule has 2 aliphatic rings. The molecule has 0 saturated carbocycles. The van der Waals surface area contributed by atoms with Gasteiger partial charge in [-0.3, -0.25) is 24.6 Å².